The number of ketones is 1. The number of carbonyl (C=O) groups is 2. The van der Waals surface area contributed by atoms with E-state index < -0.39 is 5.97 Å². The number of nitrogens with zero attached hydrogens (tertiary/aromatic N) is 1. The number of ether oxygens (including phenoxy) is 1. The zero-order chi connectivity index (χ0) is 14.7. The van der Waals surface area contributed by atoms with Gasteiger partial charge in [-0.25, -0.2) is 4.79 Å². The molecule has 0 aliphatic rings. The lowest BCUT2D eigenvalue weighted by Crippen LogP contribution is -2.04. The van der Waals surface area contributed by atoms with Crippen LogP contribution in [0, 0.1) is 0 Å². The average molecular weight is 273 g/mol. The molecule has 0 aliphatic heterocycles. The normalized spacial score (nSPS) is 10.3. The molecule has 0 amide bonds. The fourth-order valence-electron chi connectivity index (χ4n) is 1.99. The van der Waals surface area contributed by atoms with E-state index in [4.69, 9.17) is 9.84 Å². The molecule has 0 saturated carbocycles. The van der Waals surface area contributed by atoms with Crippen molar-refractivity contribution >= 4 is 11.8 Å². The number of hydrogen-bond acceptors (Lipinski definition) is 3. The van der Waals surface area contributed by atoms with Crippen molar-refractivity contribution in [3.63, 3.8) is 0 Å². The fourth-order valence-corrected chi connectivity index (χ4v) is 1.99. The molecule has 0 saturated heterocycles. The van der Waals surface area contributed by atoms with E-state index in [1.165, 1.54) is 16.8 Å². The van der Waals surface area contributed by atoms with Crippen LogP contribution in [0.25, 0.3) is 0 Å². The van der Waals surface area contributed by atoms with Crippen LogP contribution in [0.2, 0.25) is 0 Å². The van der Waals surface area contributed by atoms with Crippen LogP contribution in [0.5, 0.6) is 5.75 Å². The Hall–Kier alpha value is -2.56. The molecule has 20 heavy (non-hydrogen) atoms. The molecule has 1 aromatic carbocycles. The number of aromatic carboxylic acids is 1. The maximum Gasteiger partial charge on any atom is 0.352 e. The summed E-state index contributed by atoms with van der Waals surface area (Å²) in [6.45, 7) is 2.30. The van der Waals surface area contributed by atoms with Crippen LogP contribution >= 0.6 is 0 Å². The minimum absolute atomic E-state index is 0.0715. The molecule has 2 rings (SSSR count). The minimum atomic E-state index is -1.07. The molecular weight excluding hydrogens is 258 g/mol. The molecule has 0 atom stereocenters. The van der Waals surface area contributed by atoms with Crippen LogP contribution in [0.15, 0.2) is 36.5 Å². The lowest BCUT2D eigenvalue weighted by molar-refractivity contribution is 0.0686. The van der Waals surface area contributed by atoms with E-state index in [1.54, 1.807) is 31.3 Å². The lowest BCUT2D eigenvalue weighted by Gasteiger charge is -2.07. The molecule has 0 fully saturated rings. The van der Waals surface area contributed by atoms with Crippen LogP contribution in [-0.2, 0) is 7.05 Å². The van der Waals surface area contributed by atoms with Crippen molar-refractivity contribution in [3.05, 3.63) is 53.3 Å². The molecule has 0 aliphatic carbocycles. The summed E-state index contributed by atoms with van der Waals surface area (Å²) in [5.74, 6) is -0.817. The molecule has 1 heterocycles. The first-order valence-corrected chi connectivity index (χ1v) is 6.20. The highest BCUT2D eigenvalue weighted by atomic mass is 16.5. The predicted octanol–water partition coefficient (Wildman–Crippen LogP) is 2.35. The number of rotatable bonds is 5. The third-order valence-corrected chi connectivity index (χ3v) is 2.92. The van der Waals surface area contributed by atoms with Crippen molar-refractivity contribution in [2.75, 3.05) is 6.61 Å². The fraction of sp³-hybridized carbons (Fsp3) is 0.200. The molecule has 5 heteroatoms. The SMILES string of the molecule is CCOc1ccccc1C(=O)c1cc(C(=O)O)n(C)c1. The lowest BCUT2D eigenvalue weighted by atomic mass is 10.0. The summed E-state index contributed by atoms with van der Waals surface area (Å²) in [5.41, 5.74) is 0.830. The molecule has 2 aromatic rings. The highest BCUT2D eigenvalue weighted by Gasteiger charge is 2.18. The Morgan fingerprint density at radius 1 is 1.30 bits per heavy atom. The average Bonchev–Trinajstić information content (AvgIpc) is 2.81. The first-order chi connectivity index (χ1) is 9.54. The number of carbonyl (C=O) groups excluding carboxylic acids is 1. The van der Waals surface area contributed by atoms with Gasteiger partial charge >= 0.3 is 5.97 Å². The van der Waals surface area contributed by atoms with Gasteiger partial charge in [0.15, 0.2) is 5.78 Å². The standard InChI is InChI=1S/C15H15NO4/c1-3-20-13-7-5-4-6-11(13)14(17)10-8-12(15(18)19)16(2)9-10/h4-9H,3H2,1-2H3,(H,18,19). The number of aryl methyl sites for hydroxylation is 1. The summed E-state index contributed by atoms with van der Waals surface area (Å²) in [4.78, 5) is 23.5. The van der Waals surface area contributed by atoms with E-state index in [1.807, 2.05) is 6.92 Å². The summed E-state index contributed by atoms with van der Waals surface area (Å²) in [5, 5.41) is 9.01. The van der Waals surface area contributed by atoms with E-state index in [0.29, 0.717) is 23.5 Å². The molecular formula is C15H15NO4. The second kappa shape index (κ2) is 5.61. The van der Waals surface area contributed by atoms with Gasteiger partial charge in [0.25, 0.3) is 0 Å². The van der Waals surface area contributed by atoms with Crippen molar-refractivity contribution in [2.45, 2.75) is 6.92 Å². The van der Waals surface area contributed by atoms with Gasteiger partial charge in [0, 0.05) is 18.8 Å². The van der Waals surface area contributed by atoms with Gasteiger partial charge in [-0.15, -0.1) is 0 Å². The third kappa shape index (κ3) is 2.56. The van der Waals surface area contributed by atoms with Gasteiger partial charge in [-0.2, -0.15) is 0 Å². The van der Waals surface area contributed by atoms with Gasteiger partial charge in [-0.05, 0) is 25.1 Å². The zero-order valence-electron chi connectivity index (χ0n) is 11.3. The van der Waals surface area contributed by atoms with Gasteiger partial charge in [0.05, 0.1) is 12.2 Å². The topological polar surface area (TPSA) is 68.5 Å². The van der Waals surface area contributed by atoms with Crippen molar-refractivity contribution in [1.82, 2.24) is 4.57 Å². The van der Waals surface area contributed by atoms with Gasteiger partial charge in [0.2, 0.25) is 0 Å². The summed E-state index contributed by atoms with van der Waals surface area (Å²) < 4.78 is 6.84. The Labute approximate surface area is 116 Å². The molecule has 1 N–H and O–H groups in total. The highest BCUT2D eigenvalue weighted by Crippen LogP contribution is 2.22. The predicted molar refractivity (Wildman–Crippen MR) is 73.4 cm³/mol. The van der Waals surface area contributed by atoms with Gasteiger partial charge < -0.3 is 14.4 Å². The molecule has 5 nitrogen and oxygen atoms in total. The van der Waals surface area contributed by atoms with Crippen LogP contribution in [-0.4, -0.2) is 28.0 Å². The van der Waals surface area contributed by atoms with Crippen molar-refractivity contribution in [2.24, 2.45) is 7.05 Å². The molecule has 0 radical (unpaired) electrons. The second-order valence-corrected chi connectivity index (χ2v) is 4.29. The first-order valence-electron chi connectivity index (χ1n) is 6.20. The molecule has 0 spiro atoms. The Morgan fingerprint density at radius 2 is 2.00 bits per heavy atom. The van der Waals surface area contributed by atoms with E-state index in [-0.39, 0.29) is 11.5 Å². The monoisotopic (exact) mass is 273 g/mol. The van der Waals surface area contributed by atoms with Crippen molar-refractivity contribution < 1.29 is 19.4 Å². The first kappa shape index (κ1) is 13.9. The van der Waals surface area contributed by atoms with Gasteiger partial charge in [0.1, 0.15) is 11.4 Å². The summed E-state index contributed by atoms with van der Waals surface area (Å²) in [6, 6.07) is 8.29. The zero-order valence-corrected chi connectivity index (χ0v) is 11.3. The van der Waals surface area contributed by atoms with Crippen LogP contribution in [0.3, 0.4) is 0 Å². The summed E-state index contributed by atoms with van der Waals surface area (Å²) in [7, 11) is 1.59. The molecule has 0 unspecified atom stereocenters. The van der Waals surface area contributed by atoms with Gasteiger partial charge in [-0.1, -0.05) is 12.1 Å². The number of carboxylic acids is 1. The molecule has 1 aromatic heterocycles. The van der Waals surface area contributed by atoms with E-state index in [2.05, 4.69) is 0 Å². The minimum Gasteiger partial charge on any atom is -0.493 e. The Bertz CT molecular complexity index is 658. The molecule has 104 valence electrons. The van der Waals surface area contributed by atoms with E-state index in [0.717, 1.165) is 0 Å². The number of aromatic nitrogens is 1. The maximum atomic E-state index is 12.4. The number of hydrogen-bond donors (Lipinski definition) is 1. The van der Waals surface area contributed by atoms with Crippen molar-refractivity contribution in [1.29, 1.82) is 0 Å². The quantitative estimate of drug-likeness (QED) is 0.849. The highest BCUT2D eigenvalue weighted by molar-refractivity contribution is 6.11. The number of benzene rings is 1. The summed E-state index contributed by atoms with van der Waals surface area (Å²) >= 11 is 0. The summed E-state index contributed by atoms with van der Waals surface area (Å²) in [6.07, 6.45) is 1.51. The Balaban J connectivity index is 2.41. The Morgan fingerprint density at radius 3 is 2.60 bits per heavy atom. The van der Waals surface area contributed by atoms with Gasteiger partial charge in [-0.3, -0.25) is 4.79 Å². The second-order valence-electron chi connectivity index (χ2n) is 4.29. The van der Waals surface area contributed by atoms with E-state index >= 15 is 0 Å². The smallest absolute Gasteiger partial charge is 0.352 e. The number of carboxylic acid groups (broad SMARTS) is 1. The third-order valence-electron chi connectivity index (χ3n) is 2.92. The van der Waals surface area contributed by atoms with E-state index in [9.17, 15) is 9.59 Å². The van der Waals surface area contributed by atoms with Crippen LogP contribution in [0.4, 0.5) is 0 Å². The van der Waals surface area contributed by atoms with Crippen LogP contribution < -0.4 is 4.74 Å². The Kier molecular flexibility index (Phi) is 3.89. The number of para-hydroxylation sites is 1. The largest absolute Gasteiger partial charge is 0.493 e. The maximum absolute atomic E-state index is 12.4. The molecule has 0 bridgehead atoms. The van der Waals surface area contributed by atoms with Crippen molar-refractivity contribution in [3.8, 4) is 5.75 Å². The van der Waals surface area contributed by atoms with Crippen LogP contribution in [0.1, 0.15) is 33.3 Å².